The van der Waals surface area contributed by atoms with Gasteiger partial charge in [0.05, 0.1) is 30.4 Å². The number of benzene rings is 3. The van der Waals surface area contributed by atoms with E-state index >= 15 is 0 Å². The van der Waals surface area contributed by atoms with Gasteiger partial charge in [-0.25, -0.2) is 9.97 Å². The topological polar surface area (TPSA) is 25.8 Å². The Morgan fingerprint density at radius 2 is 0.738 bits per heavy atom. The number of hydrogen-bond donors (Lipinski definition) is 0. The van der Waals surface area contributed by atoms with E-state index in [4.69, 9.17) is 9.97 Å². The van der Waals surface area contributed by atoms with Gasteiger partial charge < -0.3 is 0 Å². The summed E-state index contributed by atoms with van der Waals surface area (Å²) in [6.07, 6.45) is 26.9. The van der Waals surface area contributed by atoms with E-state index in [1.54, 1.807) is 0 Å². The molecular formula is C38H52N2S2. The molecule has 0 spiro atoms. The zero-order valence-electron chi connectivity index (χ0n) is 26.3. The normalized spacial score (nSPS) is 12.0. The first-order valence-electron chi connectivity index (χ1n) is 17.3. The first kappa shape index (κ1) is 31.4. The molecule has 2 nitrogen and oxygen atoms in total. The van der Waals surface area contributed by atoms with Crippen LogP contribution in [0.5, 0.6) is 0 Å². The van der Waals surface area contributed by atoms with Gasteiger partial charge >= 0.3 is 0 Å². The minimum absolute atomic E-state index is 1.12. The summed E-state index contributed by atoms with van der Waals surface area (Å²) < 4.78 is 2.65. The van der Waals surface area contributed by atoms with E-state index in [2.05, 4.69) is 50.2 Å². The summed E-state index contributed by atoms with van der Waals surface area (Å²) in [6.45, 7) is 4.59. The molecule has 0 N–H and O–H groups in total. The minimum atomic E-state index is 1.12. The molecule has 0 aliphatic rings. The van der Waals surface area contributed by atoms with Crippen molar-refractivity contribution in [2.45, 2.75) is 142 Å². The zero-order chi connectivity index (χ0) is 29.0. The second-order valence-electron chi connectivity index (χ2n) is 12.5. The fraction of sp³-hybridized carbons (Fsp3) is 0.579. The molecule has 0 aliphatic carbocycles. The highest BCUT2D eigenvalue weighted by atomic mass is 32.1. The van der Waals surface area contributed by atoms with Crippen LogP contribution in [-0.2, 0) is 12.8 Å². The van der Waals surface area contributed by atoms with Crippen LogP contribution in [0.25, 0.3) is 42.0 Å². The second-order valence-corrected chi connectivity index (χ2v) is 14.7. The summed E-state index contributed by atoms with van der Waals surface area (Å²) in [7, 11) is 0. The van der Waals surface area contributed by atoms with Gasteiger partial charge in [-0.3, -0.25) is 0 Å². The van der Waals surface area contributed by atoms with Crippen molar-refractivity contribution < 1.29 is 0 Å². The van der Waals surface area contributed by atoms with Gasteiger partial charge in [0.2, 0.25) is 0 Å². The molecule has 5 rings (SSSR count). The van der Waals surface area contributed by atoms with Crippen LogP contribution in [0.2, 0.25) is 0 Å². The van der Waals surface area contributed by atoms with E-state index < -0.39 is 0 Å². The maximum atomic E-state index is 5.16. The molecule has 42 heavy (non-hydrogen) atoms. The third-order valence-electron chi connectivity index (χ3n) is 8.98. The van der Waals surface area contributed by atoms with Gasteiger partial charge in [-0.15, -0.1) is 22.7 Å². The van der Waals surface area contributed by atoms with Crippen molar-refractivity contribution in [2.75, 3.05) is 0 Å². The van der Waals surface area contributed by atoms with E-state index in [9.17, 15) is 0 Å². The second kappa shape index (κ2) is 16.7. The number of nitrogens with zero attached hydrogens (tertiary/aromatic N) is 2. The molecule has 0 radical (unpaired) electrons. The fourth-order valence-corrected chi connectivity index (χ4v) is 8.53. The van der Waals surface area contributed by atoms with Crippen molar-refractivity contribution in [1.29, 1.82) is 0 Å². The van der Waals surface area contributed by atoms with Crippen LogP contribution < -0.4 is 0 Å². The maximum Gasteiger partial charge on any atom is 0.0938 e. The Kier molecular flexibility index (Phi) is 12.5. The van der Waals surface area contributed by atoms with Crippen molar-refractivity contribution in [3.8, 4) is 0 Å². The molecule has 226 valence electrons. The van der Waals surface area contributed by atoms with Gasteiger partial charge in [0.25, 0.3) is 0 Å². The van der Waals surface area contributed by atoms with Gasteiger partial charge in [-0.2, -0.15) is 0 Å². The minimum Gasteiger partial charge on any atom is -0.241 e. The molecule has 2 aromatic heterocycles. The number of hydrogen-bond acceptors (Lipinski definition) is 4. The number of rotatable bonds is 20. The molecule has 3 aromatic carbocycles. The molecule has 0 atom stereocenters. The summed E-state index contributed by atoms with van der Waals surface area (Å²) in [5.74, 6) is 0. The third-order valence-corrected chi connectivity index (χ3v) is 11.1. The summed E-state index contributed by atoms with van der Waals surface area (Å²) in [6, 6.07) is 13.9. The Morgan fingerprint density at radius 3 is 1.12 bits per heavy atom. The van der Waals surface area contributed by atoms with Gasteiger partial charge in [0, 0.05) is 10.8 Å². The lowest BCUT2D eigenvalue weighted by Gasteiger charge is -2.05. The van der Waals surface area contributed by atoms with E-state index in [1.807, 2.05) is 22.7 Å². The molecule has 0 saturated carbocycles. The van der Waals surface area contributed by atoms with Gasteiger partial charge in [0.1, 0.15) is 0 Å². The summed E-state index contributed by atoms with van der Waals surface area (Å²) in [5.41, 5.74) is 2.38. The Labute approximate surface area is 262 Å². The summed E-state index contributed by atoms with van der Waals surface area (Å²) in [5, 5.41) is 7.82. The van der Waals surface area contributed by atoms with Crippen molar-refractivity contribution >= 4 is 64.7 Å². The lowest BCUT2D eigenvalue weighted by Crippen LogP contribution is -1.86. The van der Waals surface area contributed by atoms with Crippen molar-refractivity contribution in [3.05, 3.63) is 46.4 Å². The SMILES string of the molecule is CCCCCCCCCCCc1nc2c(ccc3c4ccc5sc(CCCCCCCCCCC)nc5c4ccc32)s1. The lowest BCUT2D eigenvalue weighted by atomic mass is 10.0. The van der Waals surface area contributed by atoms with Crippen LogP contribution in [0, 0.1) is 0 Å². The molecule has 2 heterocycles. The summed E-state index contributed by atoms with van der Waals surface area (Å²) >= 11 is 3.79. The Hall–Kier alpha value is -2.04. The van der Waals surface area contributed by atoms with E-state index in [1.165, 1.54) is 168 Å². The number of thiazole rings is 2. The van der Waals surface area contributed by atoms with Gasteiger partial charge in [-0.1, -0.05) is 141 Å². The van der Waals surface area contributed by atoms with E-state index in [0.29, 0.717) is 0 Å². The number of aromatic nitrogens is 2. The largest absolute Gasteiger partial charge is 0.241 e. The van der Waals surface area contributed by atoms with Crippen LogP contribution in [0.4, 0.5) is 0 Å². The van der Waals surface area contributed by atoms with E-state index in [0.717, 1.165) is 12.8 Å². The Balaban J connectivity index is 1.18. The van der Waals surface area contributed by atoms with Crippen LogP contribution in [0.15, 0.2) is 36.4 Å². The van der Waals surface area contributed by atoms with Gasteiger partial charge in [-0.05, 0) is 48.6 Å². The molecule has 0 amide bonds. The van der Waals surface area contributed by atoms with Crippen LogP contribution >= 0.6 is 22.7 Å². The van der Waals surface area contributed by atoms with Crippen LogP contribution in [0.1, 0.15) is 139 Å². The summed E-state index contributed by atoms with van der Waals surface area (Å²) in [4.78, 5) is 10.3. The standard InChI is InChI=1S/C38H52N2S2/c1-3-5-7-9-11-13-15-17-19-21-35-39-37-31-23-24-32-30(29(31)25-27-33(37)41-35)26-28-34-38(32)40-36(42-34)22-20-18-16-14-12-10-8-6-4-2/h23-28H,3-22H2,1-2H3. The van der Waals surface area contributed by atoms with Gasteiger partial charge in [0.15, 0.2) is 0 Å². The third kappa shape index (κ3) is 8.32. The highest BCUT2D eigenvalue weighted by molar-refractivity contribution is 7.19. The molecule has 4 heteroatoms. The number of fused-ring (bicyclic) bond motifs is 7. The van der Waals surface area contributed by atoms with Crippen molar-refractivity contribution in [3.63, 3.8) is 0 Å². The average Bonchev–Trinajstić information content (AvgIpc) is 3.63. The Bertz CT molecular complexity index is 1410. The molecule has 0 aliphatic heterocycles. The highest BCUT2D eigenvalue weighted by Gasteiger charge is 2.13. The molecular weight excluding hydrogens is 549 g/mol. The van der Waals surface area contributed by atoms with Crippen molar-refractivity contribution in [2.24, 2.45) is 0 Å². The number of unbranched alkanes of at least 4 members (excludes halogenated alkanes) is 16. The highest BCUT2D eigenvalue weighted by Crippen LogP contribution is 2.37. The Morgan fingerprint density at radius 1 is 0.405 bits per heavy atom. The molecule has 0 fully saturated rings. The molecule has 0 bridgehead atoms. The maximum absolute atomic E-state index is 5.16. The first-order chi connectivity index (χ1) is 20.8. The van der Waals surface area contributed by atoms with E-state index in [-0.39, 0.29) is 0 Å². The predicted octanol–water partition coefficient (Wildman–Crippen LogP) is 13.4. The monoisotopic (exact) mass is 600 g/mol. The van der Waals surface area contributed by atoms with Crippen LogP contribution in [0.3, 0.4) is 0 Å². The zero-order valence-corrected chi connectivity index (χ0v) is 28.0. The van der Waals surface area contributed by atoms with Crippen molar-refractivity contribution in [1.82, 2.24) is 9.97 Å². The molecule has 0 saturated heterocycles. The average molecular weight is 601 g/mol. The quantitative estimate of drug-likeness (QED) is 0.0656. The predicted molar refractivity (Wildman–Crippen MR) is 190 cm³/mol. The smallest absolute Gasteiger partial charge is 0.0938 e. The fourth-order valence-electron chi connectivity index (χ4n) is 6.48. The van der Waals surface area contributed by atoms with Crippen LogP contribution in [-0.4, -0.2) is 9.97 Å². The first-order valence-corrected chi connectivity index (χ1v) is 18.9. The lowest BCUT2D eigenvalue weighted by molar-refractivity contribution is 0.564. The molecule has 5 aromatic rings. The number of aryl methyl sites for hydroxylation is 2. The molecule has 0 unspecified atom stereocenters.